The molecule has 0 saturated heterocycles. The molecule has 0 unspecified atom stereocenters. The van der Waals surface area contributed by atoms with Gasteiger partial charge in [-0.1, -0.05) is 24.6 Å². The van der Waals surface area contributed by atoms with Gasteiger partial charge in [0.2, 0.25) is 0 Å². The first-order chi connectivity index (χ1) is 16.3. The third-order valence-corrected chi connectivity index (χ3v) is 9.86. The van der Waals surface area contributed by atoms with Gasteiger partial charge in [-0.05, 0) is 93.6 Å². The smallest absolute Gasteiger partial charge is 0.318 e. The Morgan fingerprint density at radius 3 is 2.65 bits per heavy atom. The quantitative estimate of drug-likeness (QED) is 0.215. The van der Waals surface area contributed by atoms with E-state index in [0.29, 0.717) is 43.0 Å². The van der Waals surface area contributed by atoms with E-state index < -0.39 is 6.09 Å². The predicted molar refractivity (Wildman–Crippen MR) is 135 cm³/mol. The molecule has 4 rings (SSSR count). The van der Waals surface area contributed by atoms with Crippen molar-refractivity contribution in [2.45, 2.75) is 72.1 Å². The fraction of sp³-hybridized carbons (Fsp3) is 0.815. The van der Waals surface area contributed by atoms with Crippen LogP contribution in [0.2, 0.25) is 0 Å². The number of ketones is 1. The number of oxime groups is 1. The lowest BCUT2D eigenvalue weighted by Crippen LogP contribution is -2.51. The zero-order chi connectivity index (χ0) is 24.3. The summed E-state index contributed by atoms with van der Waals surface area (Å²) in [6.07, 6.45) is 10.3. The number of hydrogen-bond donors (Lipinski definition) is 3. The Morgan fingerprint density at radius 1 is 1.06 bits per heavy atom. The first kappa shape index (κ1) is 25.4. The zero-order valence-electron chi connectivity index (χ0n) is 21.5. The topological polar surface area (TPSA) is 91.8 Å². The SMILES string of the molecule is CNCCNCCNC(=O)O/N=C(\C)[C@H]1CC[C@H]2[C@@H]3CCC4=CC(=O)CC[C@]4(C)[C@H]3CC[C@]12C. The van der Waals surface area contributed by atoms with E-state index in [2.05, 4.69) is 35.0 Å². The lowest BCUT2D eigenvalue weighted by Gasteiger charge is -2.58. The molecule has 0 aromatic carbocycles. The lowest BCUT2D eigenvalue weighted by molar-refractivity contribution is -0.117. The van der Waals surface area contributed by atoms with E-state index in [9.17, 15) is 9.59 Å². The number of amides is 1. The van der Waals surface area contributed by atoms with E-state index in [0.717, 1.165) is 44.0 Å². The van der Waals surface area contributed by atoms with Crippen molar-refractivity contribution in [2.24, 2.45) is 39.7 Å². The molecule has 0 heterocycles. The molecule has 1 amide bonds. The van der Waals surface area contributed by atoms with Crippen LogP contribution < -0.4 is 16.0 Å². The van der Waals surface area contributed by atoms with E-state index in [4.69, 9.17) is 4.84 Å². The average molecular weight is 473 g/mol. The lowest BCUT2D eigenvalue weighted by atomic mass is 9.46. The van der Waals surface area contributed by atoms with E-state index in [1.807, 2.05) is 20.0 Å². The van der Waals surface area contributed by atoms with Crippen molar-refractivity contribution >= 4 is 17.6 Å². The maximum absolute atomic E-state index is 12.1. The number of carbonyl (C=O) groups is 2. The van der Waals surface area contributed by atoms with Gasteiger partial charge in [0.05, 0.1) is 5.71 Å². The van der Waals surface area contributed by atoms with Crippen LogP contribution in [0.5, 0.6) is 0 Å². The van der Waals surface area contributed by atoms with Gasteiger partial charge < -0.3 is 16.0 Å². The van der Waals surface area contributed by atoms with Crippen LogP contribution in [0.3, 0.4) is 0 Å². The summed E-state index contributed by atoms with van der Waals surface area (Å²) in [5.41, 5.74) is 2.81. The van der Waals surface area contributed by atoms with Crippen molar-refractivity contribution in [3.63, 3.8) is 0 Å². The number of hydrogen-bond acceptors (Lipinski definition) is 6. The number of rotatable bonds is 8. The molecule has 0 bridgehead atoms. The Morgan fingerprint density at radius 2 is 1.85 bits per heavy atom. The van der Waals surface area contributed by atoms with E-state index in [1.54, 1.807) is 0 Å². The van der Waals surface area contributed by atoms with Crippen molar-refractivity contribution in [1.29, 1.82) is 0 Å². The first-order valence-electron chi connectivity index (χ1n) is 13.4. The highest BCUT2D eigenvalue weighted by Crippen LogP contribution is 2.66. The molecule has 3 fully saturated rings. The summed E-state index contributed by atoms with van der Waals surface area (Å²) in [4.78, 5) is 29.4. The molecule has 4 aliphatic carbocycles. The summed E-state index contributed by atoms with van der Waals surface area (Å²) < 4.78 is 0. The van der Waals surface area contributed by atoms with Crippen LogP contribution in [-0.4, -0.2) is 50.8 Å². The largest absolute Gasteiger partial charge is 0.433 e. The molecule has 34 heavy (non-hydrogen) atoms. The Kier molecular flexibility index (Phi) is 7.82. The third-order valence-electron chi connectivity index (χ3n) is 9.86. The van der Waals surface area contributed by atoms with Crippen molar-refractivity contribution in [3.05, 3.63) is 11.6 Å². The maximum atomic E-state index is 12.1. The van der Waals surface area contributed by atoms with Crippen LogP contribution >= 0.6 is 0 Å². The number of likely N-dealkylation sites (N-methyl/N-ethyl adjacent to an activating group) is 1. The number of nitrogens with zero attached hydrogens (tertiary/aromatic N) is 1. The molecule has 0 radical (unpaired) electrons. The summed E-state index contributed by atoms with van der Waals surface area (Å²) in [5, 5.41) is 13.4. The minimum absolute atomic E-state index is 0.211. The summed E-state index contributed by atoms with van der Waals surface area (Å²) in [6, 6.07) is 0. The van der Waals surface area contributed by atoms with Gasteiger partial charge in [0.1, 0.15) is 0 Å². The van der Waals surface area contributed by atoms with Crippen LogP contribution in [0.15, 0.2) is 16.8 Å². The van der Waals surface area contributed by atoms with Crippen molar-refractivity contribution in [2.75, 3.05) is 33.2 Å². The second kappa shape index (κ2) is 10.5. The highest BCUT2D eigenvalue weighted by Gasteiger charge is 2.59. The van der Waals surface area contributed by atoms with Crippen LogP contribution in [0.25, 0.3) is 0 Å². The molecule has 0 spiro atoms. The minimum atomic E-state index is -0.482. The van der Waals surface area contributed by atoms with Crippen molar-refractivity contribution in [1.82, 2.24) is 16.0 Å². The molecule has 7 heteroatoms. The fourth-order valence-electron chi connectivity index (χ4n) is 8.05. The molecule has 0 aromatic heterocycles. The third kappa shape index (κ3) is 4.83. The van der Waals surface area contributed by atoms with Crippen LogP contribution in [0.4, 0.5) is 4.79 Å². The van der Waals surface area contributed by atoms with Gasteiger partial charge >= 0.3 is 6.09 Å². The Labute approximate surface area is 204 Å². The normalized spacial score (nSPS) is 37.4. The number of carbonyl (C=O) groups excluding carboxylic acids is 2. The monoisotopic (exact) mass is 472 g/mol. The minimum Gasteiger partial charge on any atom is -0.318 e. The number of allylic oxidation sites excluding steroid dienone is 1. The second-order valence-corrected chi connectivity index (χ2v) is 11.5. The van der Waals surface area contributed by atoms with Crippen LogP contribution in [0, 0.1) is 34.5 Å². The fourth-order valence-corrected chi connectivity index (χ4v) is 8.05. The second-order valence-electron chi connectivity index (χ2n) is 11.5. The highest BCUT2D eigenvalue weighted by molar-refractivity contribution is 5.91. The van der Waals surface area contributed by atoms with Gasteiger partial charge in [0, 0.05) is 38.5 Å². The number of fused-ring (bicyclic) bond motifs is 5. The summed E-state index contributed by atoms with van der Waals surface area (Å²) in [6.45, 7) is 9.91. The highest BCUT2D eigenvalue weighted by atomic mass is 16.7. The summed E-state index contributed by atoms with van der Waals surface area (Å²) in [7, 11) is 1.92. The van der Waals surface area contributed by atoms with Crippen LogP contribution in [0.1, 0.15) is 72.1 Å². The Hall–Kier alpha value is -1.73. The molecule has 0 aromatic rings. The van der Waals surface area contributed by atoms with Gasteiger partial charge in [0.15, 0.2) is 5.78 Å². The maximum Gasteiger partial charge on any atom is 0.433 e. The molecular weight excluding hydrogens is 428 g/mol. The van der Waals surface area contributed by atoms with E-state index in [1.165, 1.54) is 31.3 Å². The Balaban J connectivity index is 1.35. The van der Waals surface area contributed by atoms with Gasteiger partial charge in [-0.25, -0.2) is 4.79 Å². The van der Waals surface area contributed by atoms with Crippen LogP contribution in [-0.2, 0) is 9.63 Å². The molecule has 3 N–H and O–H groups in total. The first-order valence-corrected chi connectivity index (χ1v) is 13.4. The van der Waals surface area contributed by atoms with E-state index >= 15 is 0 Å². The predicted octanol–water partition coefficient (Wildman–Crippen LogP) is 4.05. The van der Waals surface area contributed by atoms with Gasteiger partial charge in [-0.2, -0.15) is 0 Å². The molecular formula is C27H44N4O3. The molecule has 4 aliphatic rings. The molecule has 7 nitrogen and oxygen atoms in total. The molecule has 6 atom stereocenters. The summed E-state index contributed by atoms with van der Waals surface area (Å²) >= 11 is 0. The van der Waals surface area contributed by atoms with Gasteiger partial charge in [-0.15, -0.1) is 0 Å². The molecule has 3 saturated carbocycles. The van der Waals surface area contributed by atoms with Gasteiger partial charge in [-0.3, -0.25) is 9.63 Å². The molecule has 0 aliphatic heterocycles. The standard InChI is InChI=1S/C27H44N4O3/c1-18(31-34-25(33)30-16-15-29-14-13-28-4)22-7-8-23-21-6-5-19-17-20(32)9-11-26(19,2)24(21)10-12-27(22,23)3/h17,21-24,28-29H,5-16H2,1-4H3,(H,30,33)/b31-18+/t21-,22+,23-,24-,26-,27+/m0/s1. The van der Waals surface area contributed by atoms with E-state index in [-0.39, 0.29) is 10.8 Å². The molecule has 190 valence electrons. The average Bonchev–Trinajstić information content (AvgIpc) is 3.17. The van der Waals surface area contributed by atoms with Gasteiger partial charge in [0.25, 0.3) is 0 Å². The van der Waals surface area contributed by atoms with Crippen molar-refractivity contribution < 1.29 is 14.4 Å². The zero-order valence-corrected chi connectivity index (χ0v) is 21.5. The Bertz CT molecular complexity index is 840. The number of nitrogens with one attached hydrogen (secondary N) is 3. The van der Waals surface area contributed by atoms with Crippen molar-refractivity contribution in [3.8, 4) is 0 Å². The summed E-state index contributed by atoms with van der Waals surface area (Å²) in [5.74, 6) is 2.81.